The van der Waals surface area contributed by atoms with Gasteiger partial charge in [0, 0.05) is 7.11 Å². The fraction of sp³-hybridized carbons (Fsp3) is 0.417. The summed E-state index contributed by atoms with van der Waals surface area (Å²) in [7, 11) is 1.46. The van der Waals surface area contributed by atoms with Crippen molar-refractivity contribution >= 4 is 11.6 Å². The molecule has 0 saturated carbocycles. The molecule has 0 aliphatic carbocycles. The first kappa shape index (κ1) is 12.6. The highest BCUT2D eigenvalue weighted by molar-refractivity contribution is 5.94. The molecule has 0 saturated heterocycles. The van der Waals surface area contributed by atoms with E-state index in [0.29, 0.717) is 6.42 Å². The predicted octanol–water partition coefficient (Wildman–Crippen LogP) is 2.50. The molecule has 0 radical (unpaired) electrons. The summed E-state index contributed by atoms with van der Waals surface area (Å²) in [5.41, 5.74) is 1.09. The Bertz CT molecular complexity index is 375. The molecule has 88 valence electrons. The van der Waals surface area contributed by atoms with Gasteiger partial charge in [0.2, 0.25) is 0 Å². The number of carbonyl (C=O) groups excluding carboxylic acids is 1. The van der Waals surface area contributed by atoms with Crippen LogP contribution in [0, 0.1) is 12.7 Å². The largest absolute Gasteiger partial charge is 0.372 e. The quantitative estimate of drug-likeness (QED) is 0.855. The van der Waals surface area contributed by atoms with Crippen LogP contribution in [0.25, 0.3) is 0 Å². The average Bonchev–Trinajstić information content (AvgIpc) is 2.25. The monoisotopic (exact) mass is 225 g/mol. The molecule has 0 aliphatic heterocycles. The molecule has 0 fully saturated rings. The average molecular weight is 225 g/mol. The number of ether oxygens (including phenoxy) is 1. The lowest BCUT2D eigenvalue weighted by atomic mass is 10.2. The van der Waals surface area contributed by atoms with Crippen LogP contribution in [0.5, 0.6) is 0 Å². The standard InChI is InChI=1S/C12H16FNO2/c1-4-11(16-3)12(15)14-10-7-8(2)5-6-9(10)13/h5-7,11H,4H2,1-3H3,(H,14,15). The van der Waals surface area contributed by atoms with Crippen LogP contribution in [-0.4, -0.2) is 19.1 Å². The number of nitrogens with one attached hydrogen (secondary N) is 1. The van der Waals surface area contributed by atoms with E-state index < -0.39 is 11.9 Å². The summed E-state index contributed by atoms with van der Waals surface area (Å²) < 4.78 is 18.3. The summed E-state index contributed by atoms with van der Waals surface area (Å²) in [5.74, 6) is -0.764. The Kier molecular flexibility index (Phi) is 4.43. The molecule has 4 heteroatoms. The van der Waals surface area contributed by atoms with Gasteiger partial charge in [-0.05, 0) is 31.0 Å². The van der Waals surface area contributed by atoms with Crippen molar-refractivity contribution in [3.05, 3.63) is 29.6 Å². The number of benzene rings is 1. The molecular formula is C12H16FNO2. The molecule has 0 spiro atoms. The van der Waals surface area contributed by atoms with Gasteiger partial charge in [-0.1, -0.05) is 13.0 Å². The van der Waals surface area contributed by atoms with E-state index in [9.17, 15) is 9.18 Å². The highest BCUT2D eigenvalue weighted by atomic mass is 19.1. The molecule has 1 N–H and O–H groups in total. The van der Waals surface area contributed by atoms with Crippen molar-refractivity contribution in [3.63, 3.8) is 0 Å². The molecule has 1 unspecified atom stereocenters. The zero-order valence-corrected chi connectivity index (χ0v) is 9.71. The van der Waals surface area contributed by atoms with Gasteiger partial charge in [0.05, 0.1) is 5.69 Å². The molecule has 0 heterocycles. The zero-order chi connectivity index (χ0) is 12.1. The summed E-state index contributed by atoms with van der Waals surface area (Å²) >= 11 is 0. The maximum absolute atomic E-state index is 13.3. The molecule has 1 aromatic carbocycles. The Balaban J connectivity index is 2.80. The summed E-state index contributed by atoms with van der Waals surface area (Å²) in [6, 6.07) is 4.58. The normalized spacial score (nSPS) is 12.2. The Morgan fingerprint density at radius 1 is 1.56 bits per heavy atom. The topological polar surface area (TPSA) is 38.3 Å². The van der Waals surface area contributed by atoms with E-state index in [1.807, 2.05) is 13.8 Å². The molecule has 0 bridgehead atoms. The summed E-state index contributed by atoms with van der Waals surface area (Å²) in [5, 5.41) is 2.51. The van der Waals surface area contributed by atoms with Gasteiger partial charge in [-0.3, -0.25) is 4.79 Å². The van der Waals surface area contributed by atoms with Gasteiger partial charge in [0.1, 0.15) is 11.9 Å². The predicted molar refractivity (Wildman–Crippen MR) is 60.9 cm³/mol. The second-order valence-electron chi connectivity index (χ2n) is 3.61. The minimum Gasteiger partial charge on any atom is -0.372 e. The minimum absolute atomic E-state index is 0.195. The van der Waals surface area contributed by atoms with Crippen LogP contribution >= 0.6 is 0 Å². The highest BCUT2D eigenvalue weighted by Gasteiger charge is 2.16. The number of anilines is 1. The van der Waals surface area contributed by atoms with Crippen molar-refractivity contribution in [1.29, 1.82) is 0 Å². The zero-order valence-electron chi connectivity index (χ0n) is 9.71. The Hall–Kier alpha value is -1.42. The Morgan fingerprint density at radius 3 is 2.81 bits per heavy atom. The first-order valence-electron chi connectivity index (χ1n) is 5.18. The molecule has 0 aliphatic rings. The van der Waals surface area contributed by atoms with Gasteiger partial charge in [0.25, 0.3) is 5.91 Å². The van der Waals surface area contributed by atoms with Crippen LogP contribution < -0.4 is 5.32 Å². The fourth-order valence-electron chi connectivity index (χ4n) is 1.41. The summed E-state index contributed by atoms with van der Waals surface area (Å²) in [6.45, 7) is 3.67. The van der Waals surface area contributed by atoms with Crippen molar-refractivity contribution in [3.8, 4) is 0 Å². The molecule has 1 aromatic rings. The van der Waals surface area contributed by atoms with E-state index in [4.69, 9.17) is 4.74 Å². The maximum atomic E-state index is 13.3. The molecule has 1 amide bonds. The van der Waals surface area contributed by atoms with Crippen LogP contribution in [0.2, 0.25) is 0 Å². The summed E-state index contributed by atoms with van der Waals surface area (Å²) in [4.78, 5) is 11.6. The van der Waals surface area contributed by atoms with Gasteiger partial charge in [-0.25, -0.2) is 4.39 Å². The van der Waals surface area contributed by atoms with Crippen molar-refractivity contribution in [1.82, 2.24) is 0 Å². The Morgan fingerprint density at radius 2 is 2.25 bits per heavy atom. The first-order chi connectivity index (χ1) is 7.58. The van der Waals surface area contributed by atoms with E-state index in [-0.39, 0.29) is 11.6 Å². The molecule has 0 aromatic heterocycles. The van der Waals surface area contributed by atoms with Crippen molar-refractivity contribution in [2.24, 2.45) is 0 Å². The highest BCUT2D eigenvalue weighted by Crippen LogP contribution is 2.16. The third-order valence-corrected chi connectivity index (χ3v) is 2.33. The second kappa shape index (κ2) is 5.61. The fourth-order valence-corrected chi connectivity index (χ4v) is 1.41. The van der Waals surface area contributed by atoms with E-state index in [2.05, 4.69) is 5.32 Å². The van der Waals surface area contributed by atoms with Crippen LogP contribution in [0.4, 0.5) is 10.1 Å². The third kappa shape index (κ3) is 3.03. The molecule has 1 atom stereocenters. The number of rotatable bonds is 4. The number of halogens is 1. The SMILES string of the molecule is CCC(OC)C(=O)Nc1cc(C)ccc1F. The van der Waals surface area contributed by atoms with Crippen LogP contribution in [-0.2, 0) is 9.53 Å². The van der Waals surface area contributed by atoms with Crippen molar-refractivity contribution in [2.75, 3.05) is 12.4 Å². The minimum atomic E-state index is -0.542. The molecular weight excluding hydrogens is 209 g/mol. The van der Waals surface area contributed by atoms with Gasteiger partial charge in [0.15, 0.2) is 0 Å². The number of amides is 1. The Labute approximate surface area is 94.6 Å². The number of methoxy groups -OCH3 is 1. The van der Waals surface area contributed by atoms with Gasteiger partial charge < -0.3 is 10.1 Å². The van der Waals surface area contributed by atoms with Crippen LogP contribution in [0.3, 0.4) is 0 Å². The van der Waals surface area contributed by atoms with Crippen LogP contribution in [0.15, 0.2) is 18.2 Å². The van der Waals surface area contributed by atoms with Crippen molar-refractivity contribution in [2.45, 2.75) is 26.4 Å². The lowest BCUT2D eigenvalue weighted by Crippen LogP contribution is -2.29. The van der Waals surface area contributed by atoms with Gasteiger partial charge in [-0.15, -0.1) is 0 Å². The number of carbonyl (C=O) groups is 1. The summed E-state index contributed by atoms with van der Waals surface area (Å²) in [6.07, 6.45) is 0.00961. The molecule has 3 nitrogen and oxygen atoms in total. The number of hydrogen-bond acceptors (Lipinski definition) is 2. The van der Waals surface area contributed by atoms with E-state index in [0.717, 1.165) is 5.56 Å². The van der Waals surface area contributed by atoms with Crippen LogP contribution in [0.1, 0.15) is 18.9 Å². The lowest BCUT2D eigenvalue weighted by Gasteiger charge is -2.13. The number of aryl methyl sites for hydroxylation is 1. The maximum Gasteiger partial charge on any atom is 0.253 e. The van der Waals surface area contributed by atoms with Crippen molar-refractivity contribution < 1.29 is 13.9 Å². The first-order valence-corrected chi connectivity index (χ1v) is 5.18. The van der Waals surface area contributed by atoms with Gasteiger partial charge in [-0.2, -0.15) is 0 Å². The molecule has 1 rings (SSSR count). The smallest absolute Gasteiger partial charge is 0.253 e. The van der Waals surface area contributed by atoms with E-state index >= 15 is 0 Å². The number of hydrogen-bond donors (Lipinski definition) is 1. The van der Waals surface area contributed by atoms with E-state index in [1.165, 1.54) is 13.2 Å². The second-order valence-corrected chi connectivity index (χ2v) is 3.61. The van der Waals surface area contributed by atoms with Gasteiger partial charge >= 0.3 is 0 Å². The molecule has 16 heavy (non-hydrogen) atoms. The van der Waals surface area contributed by atoms with E-state index in [1.54, 1.807) is 12.1 Å². The third-order valence-electron chi connectivity index (χ3n) is 2.33. The lowest BCUT2D eigenvalue weighted by molar-refractivity contribution is -0.125.